The van der Waals surface area contributed by atoms with Crippen LogP contribution in [0.3, 0.4) is 0 Å². The first-order valence-electron chi connectivity index (χ1n) is 14.0. The molecular formula is C33H36N4O5. The molecule has 0 bridgehead atoms. The summed E-state index contributed by atoms with van der Waals surface area (Å²) in [7, 11) is 3.18. The number of nitrogens with zero attached hydrogens (tertiary/aromatic N) is 3. The quantitative estimate of drug-likeness (QED) is 0.274. The lowest BCUT2D eigenvalue weighted by Gasteiger charge is -2.25. The third-order valence-corrected chi connectivity index (χ3v) is 7.50. The molecule has 1 atom stereocenters. The zero-order valence-corrected chi connectivity index (χ0v) is 24.4. The van der Waals surface area contributed by atoms with Crippen LogP contribution in [0.4, 0.5) is 5.95 Å². The van der Waals surface area contributed by atoms with E-state index in [1.807, 2.05) is 54.1 Å². The van der Waals surface area contributed by atoms with E-state index >= 15 is 0 Å². The van der Waals surface area contributed by atoms with Crippen molar-refractivity contribution in [2.75, 3.05) is 39.2 Å². The van der Waals surface area contributed by atoms with Crippen LogP contribution < -0.4 is 14.8 Å². The number of methoxy groups -OCH3 is 2. The topological polar surface area (TPSA) is 94.9 Å². The molecule has 0 aliphatic carbocycles. The summed E-state index contributed by atoms with van der Waals surface area (Å²) in [5.41, 5.74) is 5.16. The number of imidazole rings is 1. The van der Waals surface area contributed by atoms with Gasteiger partial charge >= 0.3 is 0 Å². The van der Waals surface area contributed by atoms with Crippen LogP contribution in [0.15, 0.2) is 72.9 Å². The number of aromatic nitrogens is 2. The van der Waals surface area contributed by atoms with Gasteiger partial charge in [0.2, 0.25) is 11.9 Å². The molecule has 9 nitrogen and oxygen atoms in total. The Bertz CT molecular complexity index is 1560. The van der Waals surface area contributed by atoms with Gasteiger partial charge in [-0.15, -0.1) is 0 Å². The number of hydrogen-bond acceptors (Lipinski definition) is 6. The minimum absolute atomic E-state index is 0.119. The first-order valence-corrected chi connectivity index (χ1v) is 14.0. The van der Waals surface area contributed by atoms with Crippen LogP contribution in [-0.4, -0.2) is 66.3 Å². The van der Waals surface area contributed by atoms with Gasteiger partial charge in [0.1, 0.15) is 18.0 Å². The molecule has 1 aromatic heterocycles. The SMILES string of the molecule is COc1ccc(-c2cn(-c3ccc(C)c(C)c3)c(NC(=O)CN(C[C@H]3CCCO3)C(=O)c3cccc(OC)c3)n2)cc1. The monoisotopic (exact) mass is 568 g/mol. The van der Waals surface area contributed by atoms with E-state index in [9.17, 15) is 9.59 Å². The number of benzene rings is 3. The number of rotatable bonds is 10. The van der Waals surface area contributed by atoms with Crippen molar-refractivity contribution in [1.29, 1.82) is 0 Å². The second-order valence-electron chi connectivity index (χ2n) is 10.4. The third kappa shape index (κ3) is 6.63. The molecule has 1 N–H and O–H groups in total. The van der Waals surface area contributed by atoms with E-state index in [0.29, 0.717) is 36.1 Å². The number of amides is 2. The molecule has 218 valence electrons. The van der Waals surface area contributed by atoms with Gasteiger partial charge in [-0.05, 0) is 92.4 Å². The summed E-state index contributed by atoms with van der Waals surface area (Å²) >= 11 is 0. The number of aryl methyl sites for hydroxylation is 2. The van der Waals surface area contributed by atoms with Gasteiger partial charge in [-0.3, -0.25) is 19.5 Å². The Morgan fingerprint density at radius 2 is 1.79 bits per heavy atom. The van der Waals surface area contributed by atoms with Crippen LogP contribution in [-0.2, 0) is 9.53 Å². The number of nitrogens with one attached hydrogen (secondary N) is 1. The predicted molar refractivity (Wildman–Crippen MR) is 162 cm³/mol. The molecule has 2 amide bonds. The Balaban J connectivity index is 1.43. The first-order chi connectivity index (χ1) is 20.3. The molecule has 2 heterocycles. The summed E-state index contributed by atoms with van der Waals surface area (Å²) in [4.78, 5) is 33.5. The van der Waals surface area contributed by atoms with Crippen LogP contribution in [0, 0.1) is 13.8 Å². The molecule has 5 rings (SSSR count). The number of ether oxygens (including phenoxy) is 3. The first kappa shape index (κ1) is 28.9. The highest BCUT2D eigenvalue weighted by molar-refractivity contribution is 5.99. The maximum atomic E-state index is 13.6. The van der Waals surface area contributed by atoms with Crippen molar-refractivity contribution in [3.63, 3.8) is 0 Å². The van der Waals surface area contributed by atoms with Crippen LogP contribution in [0.1, 0.15) is 34.3 Å². The Morgan fingerprint density at radius 3 is 2.48 bits per heavy atom. The average molecular weight is 569 g/mol. The van der Waals surface area contributed by atoms with E-state index in [-0.39, 0.29) is 24.5 Å². The van der Waals surface area contributed by atoms with Gasteiger partial charge in [-0.1, -0.05) is 12.1 Å². The number of carbonyl (C=O) groups is 2. The third-order valence-electron chi connectivity index (χ3n) is 7.50. The molecular weight excluding hydrogens is 532 g/mol. The standard InChI is InChI=1S/C33H36N4O5/c1-22-10-13-26(17-23(22)2)37-20-30(24-11-14-27(40-3)15-12-24)34-33(37)35-31(38)21-36(19-29-9-6-16-42-29)32(39)25-7-5-8-28(18-25)41-4/h5,7-8,10-15,17-18,20,29H,6,9,16,19,21H2,1-4H3,(H,34,35,38)/t29-/m1/s1. The molecule has 1 aliphatic rings. The summed E-state index contributed by atoms with van der Waals surface area (Å²) < 4.78 is 18.3. The maximum Gasteiger partial charge on any atom is 0.254 e. The molecule has 0 radical (unpaired) electrons. The molecule has 0 saturated carbocycles. The predicted octanol–water partition coefficient (Wildman–Crippen LogP) is 5.43. The van der Waals surface area contributed by atoms with E-state index in [2.05, 4.69) is 18.3 Å². The summed E-state index contributed by atoms with van der Waals surface area (Å²) in [6.07, 6.45) is 3.55. The number of carbonyl (C=O) groups excluding carboxylic acids is 2. The molecule has 1 fully saturated rings. The fourth-order valence-electron chi connectivity index (χ4n) is 4.97. The highest BCUT2D eigenvalue weighted by Gasteiger charge is 2.26. The van der Waals surface area contributed by atoms with Crippen molar-refractivity contribution >= 4 is 17.8 Å². The lowest BCUT2D eigenvalue weighted by Crippen LogP contribution is -2.42. The van der Waals surface area contributed by atoms with Crippen molar-refractivity contribution in [1.82, 2.24) is 14.5 Å². The van der Waals surface area contributed by atoms with Crippen molar-refractivity contribution in [2.24, 2.45) is 0 Å². The van der Waals surface area contributed by atoms with Gasteiger partial charge in [0.25, 0.3) is 5.91 Å². The molecule has 4 aromatic rings. The lowest BCUT2D eigenvalue weighted by atomic mass is 10.1. The summed E-state index contributed by atoms with van der Waals surface area (Å²) in [6.45, 7) is 4.91. The van der Waals surface area contributed by atoms with E-state index in [1.165, 1.54) is 10.5 Å². The molecule has 42 heavy (non-hydrogen) atoms. The Morgan fingerprint density at radius 1 is 1.00 bits per heavy atom. The van der Waals surface area contributed by atoms with E-state index in [1.54, 1.807) is 38.5 Å². The van der Waals surface area contributed by atoms with Crippen molar-refractivity contribution in [2.45, 2.75) is 32.8 Å². The molecule has 3 aromatic carbocycles. The van der Waals surface area contributed by atoms with Gasteiger partial charge in [-0.2, -0.15) is 0 Å². The number of hydrogen-bond donors (Lipinski definition) is 1. The molecule has 9 heteroatoms. The van der Waals surface area contributed by atoms with E-state index in [4.69, 9.17) is 19.2 Å². The molecule has 0 spiro atoms. The Hall–Kier alpha value is -4.63. The van der Waals surface area contributed by atoms with Crippen molar-refractivity contribution in [3.05, 3.63) is 89.6 Å². The van der Waals surface area contributed by atoms with E-state index < -0.39 is 0 Å². The highest BCUT2D eigenvalue weighted by atomic mass is 16.5. The zero-order chi connectivity index (χ0) is 29.6. The van der Waals surface area contributed by atoms with Gasteiger partial charge in [-0.25, -0.2) is 4.98 Å². The smallest absolute Gasteiger partial charge is 0.254 e. The maximum absolute atomic E-state index is 13.6. The Kier molecular flexibility index (Phi) is 8.88. The van der Waals surface area contributed by atoms with Crippen molar-refractivity contribution in [3.8, 4) is 28.4 Å². The minimum Gasteiger partial charge on any atom is -0.497 e. The molecule has 1 aliphatic heterocycles. The molecule has 1 saturated heterocycles. The second kappa shape index (κ2) is 12.9. The summed E-state index contributed by atoms with van der Waals surface area (Å²) in [6, 6.07) is 20.6. The summed E-state index contributed by atoms with van der Waals surface area (Å²) in [5, 5.41) is 2.97. The zero-order valence-electron chi connectivity index (χ0n) is 24.4. The lowest BCUT2D eigenvalue weighted by molar-refractivity contribution is -0.117. The van der Waals surface area contributed by atoms with Gasteiger partial charge in [0.15, 0.2) is 0 Å². The van der Waals surface area contributed by atoms with Crippen molar-refractivity contribution < 1.29 is 23.8 Å². The summed E-state index contributed by atoms with van der Waals surface area (Å²) in [5.74, 6) is 1.05. The average Bonchev–Trinajstić information content (AvgIpc) is 3.68. The molecule has 0 unspecified atom stereocenters. The van der Waals surface area contributed by atoms with Crippen LogP contribution >= 0.6 is 0 Å². The van der Waals surface area contributed by atoms with Crippen LogP contribution in [0.2, 0.25) is 0 Å². The van der Waals surface area contributed by atoms with Gasteiger partial charge < -0.3 is 19.1 Å². The number of anilines is 1. The van der Waals surface area contributed by atoms with Crippen LogP contribution in [0.5, 0.6) is 11.5 Å². The Labute approximate surface area is 246 Å². The largest absolute Gasteiger partial charge is 0.497 e. The fourth-order valence-corrected chi connectivity index (χ4v) is 4.97. The van der Waals surface area contributed by atoms with Gasteiger partial charge in [0.05, 0.1) is 26.0 Å². The van der Waals surface area contributed by atoms with E-state index in [0.717, 1.165) is 35.4 Å². The van der Waals surface area contributed by atoms with Crippen LogP contribution in [0.25, 0.3) is 16.9 Å². The minimum atomic E-state index is -0.360. The highest BCUT2D eigenvalue weighted by Crippen LogP contribution is 2.27. The van der Waals surface area contributed by atoms with Gasteiger partial charge in [0, 0.05) is 36.2 Å². The fraction of sp³-hybridized carbons (Fsp3) is 0.303. The second-order valence-corrected chi connectivity index (χ2v) is 10.4. The normalized spacial score (nSPS) is 14.4.